The van der Waals surface area contributed by atoms with Gasteiger partial charge in [0.05, 0.1) is 12.8 Å². The molecule has 1 N–H and O–H groups in total. The number of ether oxygens (including phenoxy) is 1. The number of rotatable bonds is 4. The molecule has 0 heterocycles. The Kier molecular flexibility index (Phi) is 2.93. The van der Waals surface area contributed by atoms with Crippen LogP contribution in [0, 0.1) is 11.8 Å². The third-order valence-corrected chi connectivity index (χ3v) is 3.50. The van der Waals surface area contributed by atoms with Crippen LogP contribution in [0.3, 0.4) is 0 Å². The first-order valence-electron chi connectivity index (χ1n) is 5.56. The van der Waals surface area contributed by atoms with Crippen LogP contribution in [0.5, 0.6) is 0 Å². The SMILES string of the molecule is O=C(O)CCC(=O)O[C@@H]1C[C@H]2CC[C@@H]1C2. The normalized spacial score (nSPS) is 32.9. The monoisotopic (exact) mass is 212 g/mol. The van der Waals surface area contributed by atoms with Gasteiger partial charge >= 0.3 is 11.9 Å². The molecule has 0 saturated heterocycles. The van der Waals surface area contributed by atoms with Crippen molar-refractivity contribution < 1.29 is 19.4 Å². The maximum Gasteiger partial charge on any atom is 0.306 e. The maximum atomic E-state index is 11.3. The topological polar surface area (TPSA) is 63.6 Å². The van der Waals surface area contributed by atoms with Crippen LogP contribution in [0.15, 0.2) is 0 Å². The van der Waals surface area contributed by atoms with Crippen molar-refractivity contribution in [1.82, 2.24) is 0 Å². The molecule has 2 bridgehead atoms. The second-order valence-electron chi connectivity index (χ2n) is 4.60. The van der Waals surface area contributed by atoms with Gasteiger partial charge in [-0.25, -0.2) is 0 Å². The molecule has 15 heavy (non-hydrogen) atoms. The molecule has 0 radical (unpaired) electrons. The van der Waals surface area contributed by atoms with E-state index in [0.29, 0.717) is 5.92 Å². The lowest BCUT2D eigenvalue weighted by molar-refractivity contribution is -0.154. The van der Waals surface area contributed by atoms with Gasteiger partial charge in [-0.1, -0.05) is 0 Å². The smallest absolute Gasteiger partial charge is 0.306 e. The second kappa shape index (κ2) is 4.21. The summed E-state index contributed by atoms with van der Waals surface area (Å²) in [4.78, 5) is 21.6. The average Bonchev–Trinajstić information content (AvgIpc) is 2.76. The molecule has 0 unspecified atom stereocenters. The molecule has 0 aromatic heterocycles. The van der Waals surface area contributed by atoms with Crippen LogP contribution in [-0.4, -0.2) is 23.1 Å². The van der Waals surface area contributed by atoms with Gasteiger partial charge in [-0.3, -0.25) is 9.59 Å². The number of hydrogen-bond donors (Lipinski definition) is 1. The van der Waals surface area contributed by atoms with E-state index in [9.17, 15) is 9.59 Å². The Labute approximate surface area is 88.6 Å². The van der Waals surface area contributed by atoms with Crippen molar-refractivity contribution >= 4 is 11.9 Å². The predicted octanol–water partition coefficient (Wildman–Crippen LogP) is 1.58. The number of hydrogen-bond acceptors (Lipinski definition) is 3. The van der Waals surface area contributed by atoms with Gasteiger partial charge in [0.15, 0.2) is 0 Å². The molecule has 0 amide bonds. The highest BCUT2D eigenvalue weighted by Gasteiger charge is 2.41. The number of esters is 1. The molecular formula is C11H16O4. The molecule has 4 nitrogen and oxygen atoms in total. The van der Waals surface area contributed by atoms with Crippen molar-refractivity contribution in [1.29, 1.82) is 0 Å². The lowest BCUT2D eigenvalue weighted by atomic mass is 9.98. The Balaban J connectivity index is 1.73. The van der Waals surface area contributed by atoms with Crippen LogP contribution in [0.25, 0.3) is 0 Å². The summed E-state index contributed by atoms with van der Waals surface area (Å²) in [5.74, 6) is -0.00843. The Morgan fingerprint density at radius 3 is 2.53 bits per heavy atom. The minimum absolute atomic E-state index is 0.00319. The molecule has 2 aliphatic carbocycles. The Hall–Kier alpha value is -1.06. The van der Waals surface area contributed by atoms with E-state index < -0.39 is 5.97 Å². The van der Waals surface area contributed by atoms with Crippen molar-refractivity contribution in [3.63, 3.8) is 0 Å². The first-order valence-corrected chi connectivity index (χ1v) is 5.56. The largest absolute Gasteiger partial charge is 0.481 e. The molecule has 0 aromatic carbocycles. The van der Waals surface area contributed by atoms with Crippen molar-refractivity contribution in [3.05, 3.63) is 0 Å². The number of aliphatic carboxylic acids is 1. The van der Waals surface area contributed by atoms with E-state index in [0.717, 1.165) is 12.3 Å². The van der Waals surface area contributed by atoms with E-state index in [4.69, 9.17) is 9.84 Å². The summed E-state index contributed by atoms with van der Waals surface area (Å²) in [7, 11) is 0. The zero-order valence-electron chi connectivity index (χ0n) is 8.65. The number of carbonyl (C=O) groups excluding carboxylic acids is 1. The van der Waals surface area contributed by atoms with E-state index in [1.165, 1.54) is 19.3 Å². The van der Waals surface area contributed by atoms with E-state index in [2.05, 4.69) is 0 Å². The van der Waals surface area contributed by atoms with Crippen LogP contribution < -0.4 is 0 Å². The lowest BCUT2D eigenvalue weighted by Crippen LogP contribution is -2.24. The average molecular weight is 212 g/mol. The fraction of sp³-hybridized carbons (Fsp3) is 0.818. The summed E-state index contributed by atoms with van der Waals surface area (Å²) in [6.07, 6.45) is 4.57. The summed E-state index contributed by atoms with van der Waals surface area (Å²) in [6.45, 7) is 0. The third kappa shape index (κ3) is 2.49. The van der Waals surface area contributed by atoms with Crippen LogP contribution in [0.4, 0.5) is 0 Å². The first kappa shape index (κ1) is 10.5. The van der Waals surface area contributed by atoms with Gasteiger partial charge in [0.1, 0.15) is 6.10 Å². The van der Waals surface area contributed by atoms with E-state index >= 15 is 0 Å². The van der Waals surface area contributed by atoms with Gasteiger partial charge in [-0.15, -0.1) is 0 Å². The molecule has 0 aromatic rings. The number of carbonyl (C=O) groups is 2. The summed E-state index contributed by atoms with van der Waals surface area (Å²) < 4.78 is 5.29. The predicted molar refractivity (Wildman–Crippen MR) is 52.2 cm³/mol. The molecule has 2 fully saturated rings. The fourth-order valence-corrected chi connectivity index (χ4v) is 2.77. The summed E-state index contributed by atoms with van der Waals surface area (Å²) >= 11 is 0. The van der Waals surface area contributed by atoms with Gasteiger partial charge < -0.3 is 9.84 Å². The van der Waals surface area contributed by atoms with Crippen molar-refractivity contribution in [3.8, 4) is 0 Å². The molecule has 2 saturated carbocycles. The molecule has 84 valence electrons. The Bertz CT molecular complexity index is 274. The third-order valence-electron chi connectivity index (χ3n) is 3.50. The highest BCUT2D eigenvalue weighted by atomic mass is 16.5. The molecule has 0 aliphatic heterocycles. The van der Waals surface area contributed by atoms with Gasteiger partial charge in [0.2, 0.25) is 0 Å². The summed E-state index contributed by atoms with van der Waals surface area (Å²) in [5, 5.41) is 8.42. The molecule has 4 heteroatoms. The Morgan fingerprint density at radius 1 is 1.20 bits per heavy atom. The molecule has 3 atom stereocenters. The summed E-state index contributed by atoms with van der Waals surface area (Å²) in [5.41, 5.74) is 0. The quantitative estimate of drug-likeness (QED) is 0.718. The number of fused-ring (bicyclic) bond motifs is 2. The zero-order valence-corrected chi connectivity index (χ0v) is 8.65. The van der Waals surface area contributed by atoms with E-state index in [1.54, 1.807) is 0 Å². The van der Waals surface area contributed by atoms with Crippen LogP contribution in [0.2, 0.25) is 0 Å². The highest BCUT2D eigenvalue weighted by Crippen LogP contribution is 2.45. The lowest BCUT2D eigenvalue weighted by Gasteiger charge is -2.21. The zero-order chi connectivity index (χ0) is 10.8. The molecule has 2 rings (SSSR count). The van der Waals surface area contributed by atoms with Crippen LogP contribution in [-0.2, 0) is 14.3 Å². The fourth-order valence-electron chi connectivity index (χ4n) is 2.77. The number of carboxylic acids is 1. The maximum absolute atomic E-state index is 11.3. The van der Waals surface area contributed by atoms with E-state index in [-0.39, 0.29) is 24.9 Å². The molecule has 0 spiro atoms. The molecule has 2 aliphatic rings. The highest BCUT2D eigenvalue weighted by molar-refractivity contribution is 5.76. The van der Waals surface area contributed by atoms with Gasteiger partial charge in [0, 0.05) is 0 Å². The molecular weight excluding hydrogens is 196 g/mol. The minimum Gasteiger partial charge on any atom is -0.481 e. The van der Waals surface area contributed by atoms with Crippen LogP contribution >= 0.6 is 0 Å². The van der Waals surface area contributed by atoms with E-state index in [1.807, 2.05) is 0 Å². The first-order chi connectivity index (χ1) is 7.15. The Morgan fingerprint density at radius 2 is 2.00 bits per heavy atom. The van der Waals surface area contributed by atoms with Crippen molar-refractivity contribution in [2.24, 2.45) is 11.8 Å². The van der Waals surface area contributed by atoms with Crippen LogP contribution in [0.1, 0.15) is 38.5 Å². The van der Waals surface area contributed by atoms with Gasteiger partial charge in [0.25, 0.3) is 0 Å². The minimum atomic E-state index is -0.945. The van der Waals surface area contributed by atoms with Crippen molar-refractivity contribution in [2.45, 2.75) is 44.6 Å². The van der Waals surface area contributed by atoms with Gasteiger partial charge in [-0.2, -0.15) is 0 Å². The standard InChI is InChI=1S/C11H16O4/c12-10(13)3-4-11(14)15-9-6-7-1-2-8(9)5-7/h7-9H,1-6H2,(H,12,13)/t7-,8+,9+/m0/s1. The van der Waals surface area contributed by atoms with Crippen molar-refractivity contribution in [2.75, 3.05) is 0 Å². The second-order valence-corrected chi connectivity index (χ2v) is 4.60. The number of carboxylic acid groups (broad SMARTS) is 1. The summed E-state index contributed by atoms with van der Waals surface area (Å²) in [6, 6.07) is 0. The van der Waals surface area contributed by atoms with Gasteiger partial charge in [-0.05, 0) is 37.5 Å².